The fourth-order valence-electron chi connectivity index (χ4n) is 3.04. The standard InChI is InChI=1S/C13H16N10O2/c1-8-4-21(5-10-16-17-11(6-25-2)23(8)10)13(24)9-3-14-18-12(9)22-7-15-19-20-22/h3,7-8H,4-6H2,1-2H3,(H,14,18)/t8-/m0/s1. The van der Waals surface area contributed by atoms with Gasteiger partial charge in [-0.05, 0) is 17.4 Å². The van der Waals surface area contributed by atoms with Gasteiger partial charge >= 0.3 is 0 Å². The van der Waals surface area contributed by atoms with Crippen LogP contribution in [0, 0.1) is 0 Å². The maximum absolute atomic E-state index is 13.0. The van der Waals surface area contributed by atoms with Crippen LogP contribution in [-0.4, -0.2) is 69.6 Å². The number of methoxy groups -OCH3 is 1. The van der Waals surface area contributed by atoms with Gasteiger partial charge in [0.05, 0.1) is 18.8 Å². The van der Waals surface area contributed by atoms with E-state index in [1.807, 2.05) is 11.5 Å². The molecule has 0 spiro atoms. The Balaban J connectivity index is 1.61. The van der Waals surface area contributed by atoms with Crippen molar-refractivity contribution in [2.24, 2.45) is 0 Å². The fourth-order valence-corrected chi connectivity index (χ4v) is 3.04. The third kappa shape index (κ3) is 2.55. The van der Waals surface area contributed by atoms with Gasteiger partial charge in [0.2, 0.25) is 0 Å². The van der Waals surface area contributed by atoms with E-state index >= 15 is 0 Å². The minimum atomic E-state index is -0.173. The Kier molecular flexibility index (Phi) is 3.72. The van der Waals surface area contributed by atoms with Crippen molar-refractivity contribution in [2.45, 2.75) is 26.1 Å². The highest BCUT2D eigenvalue weighted by Gasteiger charge is 2.31. The maximum Gasteiger partial charge on any atom is 0.259 e. The van der Waals surface area contributed by atoms with Crippen molar-refractivity contribution in [1.82, 2.24) is 50.1 Å². The highest BCUT2D eigenvalue weighted by atomic mass is 16.5. The van der Waals surface area contributed by atoms with Crippen molar-refractivity contribution in [1.29, 1.82) is 0 Å². The lowest BCUT2D eigenvalue weighted by molar-refractivity contribution is 0.0675. The van der Waals surface area contributed by atoms with E-state index in [0.717, 1.165) is 11.6 Å². The van der Waals surface area contributed by atoms with Gasteiger partial charge in [0.15, 0.2) is 17.5 Å². The first-order valence-corrected chi connectivity index (χ1v) is 7.66. The zero-order valence-electron chi connectivity index (χ0n) is 13.7. The van der Waals surface area contributed by atoms with Crippen molar-refractivity contribution in [3.8, 4) is 5.82 Å². The summed E-state index contributed by atoms with van der Waals surface area (Å²) in [5.41, 5.74) is 0.393. The second kappa shape index (κ2) is 6.05. The summed E-state index contributed by atoms with van der Waals surface area (Å²) in [6.07, 6.45) is 2.87. The van der Waals surface area contributed by atoms with E-state index in [-0.39, 0.29) is 11.9 Å². The van der Waals surface area contributed by atoms with E-state index in [1.165, 1.54) is 17.2 Å². The van der Waals surface area contributed by atoms with Crippen LogP contribution >= 0.6 is 0 Å². The lowest BCUT2D eigenvalue weighted by Crippen LogP contribution is -2.41. The molecule has 1 N–H and O–H groups in total. The number of nitrogens with zero attached hydrogens (tertiary/aromatic N) is 9. The van der Waals surface area contributed by atoms with Crippen LogP contribution in [0.4, 0.5) is 0 Å². The number of aromatic nitrogens is 9. The van der Waals surface area contributed by atoms with Gasteiger partial charge < -0.3 is 14.2 Å². The van der Waals surface area contributed by atoms with Crippen molar-refractivity contribution in [3.05, 3.63) is 29.7 Å². The van der Waals surface area contributed by atoms with E-state index in [0.29, 0.717) is 31.1 Å². The number of carbonyl (C=O) groups is 1. The predicted octanol–water partition coefficient (Wildman–Crippen LogP) is -0.660. The Morgan fingerprint density at radius 1 is 1.44 bits per heavy atom. The first-order valence-electron chi connectivity index (χ1n) is 7.66. The number of hydrogen-bond donors (Lipinski definition) is 1. The van der Waals surface area contributed by atoms with Crippen LogP contribution in [0.1, 0.15) is 35.0 Å². The third-order valence-electron chi connectivity index (χ3n) is 4.08. The molecule has 1 aliphatic rings. The number of fused-ring (bicyclic) bond motifs is 1. The van der Waals surface area contributed by atoms with Crippen LogP contribution in [-0.2, 0) is 17.9 Å². The monoisotopic (exact) mass is 344 g/mol. The molecule has 12 heteroatoms. The highest BCUT2D eigenvalue weighted by Crippen LogP contribution is 2.24. The Hall–Kier alpha value is -3.15. The molecule has 1 aliphatic heterocycles. The molecular weight excluding hydrogens is 328 g/mol. The Morgan fingerprint density at radius 2 is 2.32 bits per heavy atom. The summed E-state index contributed by atoms with van der Waals surface area (Å²) in [6.45, 7) is 3.29. The molecule has 0 saturated carbocycles. The first kappa shape index (κ1) is 15.4. The second-order valence-electron chi connectivity index (χ2n) is 5.76. The van der Waals surface area contributed by atoms with E-state index in [4.69, 9.17) is 4.74 Å². The van der Waals surface area contributed by atoms with Crippen LogP contribution in [0.5, 0.6) is 0 Å². The molecular formula is C13H16N10O2. The topological polar surface area (TPSA) is 133 Å². The number of nitrogens with one attached hydrogen (secondary N) is 1. The van der Waals surface area contributed by atoms with Crippen molar-refractivity contribution in [2.75, 3.05) is 13.7 Å². The molecule has 12 nitrogen and oxygen atoms in total. The predicted molar refractivity (Wildman–Crippen MR) is 81.5 cm³/mol. The number of amides is 1. The average molecular weight is 344 g/mol. The van der Waals surface area contributed by atoms with E-state index < -0.39 is 0 Å². The molecule has 25 heavy (non-hydrogen) atoms. The fraction of sp³-hybridized carbons (Fsp3) is 0.462. The number of ether oxygens (including phenoxy) is 1. The van der Waals surface area contributed by atoms with Gasteiger partial charge in [0, 0.05) is 13.7 Å². The molecule has 0 fully saturated rings. The third-order valence-corrected chi connectivity index (χ3v) is 4.08. The summed E-state index contributed by atoms with van der Waals surface area (Å²) in [5, 5.41) is 26.0. The Morgan fingerprint density at radius 3 is 3.08 bits per heavy atom. The average Bonchev–Trinajstić information content (AvgIpc) is 3.34. The highest BCUT2D eigenvalue weighted by molar-refractivity contribution is 5.96. The summed E-state index contributed by atoms with van der Waals surface area (Å²) < 4.78 is 8.54. The van der Waals surface area contributed by atoms with Gasteiger partial charge in [-0.25, -0.2) is 0 Å². The SMILES string of the molecule is COCc1nnc2n1[C@@H](C)CN(C(=O)c1cn[nH]c1-n1cnnn1)C2. The largest absolute Gasteiger partial charge is 0.377 e. The minimum Gasteiger partial charge on any atom is -0.377 e. The molecule has 4 heterocycles. The molecule has 0 bridgehead atoms. The number of carbonyl (C=O) groups excluding carboxylic acids is 1. The molecule has 1 atom stereocenters. The number of tetrazole rings is 1. The lowest BCUT2D eigenvalue weighted by atomic mass is 10.2. The summed E-state index contributed by atoms with van der Waals surface area (Å²) >= 11 is 0. The molecule has 0 unspecified atom stereocenters. The lowest BCUT2D eigenvalue weighted by Gasteiger charge is -2.32. The molecule has 0 saturated heterocycles. The Bertz CT molecular complexity index is 883. The van der Waals surface area contributed by atoms with Crippen LogP contribution in [0.15, 0.2) is 12.5 Å². The van der Waals surface area contributed by atoms with Gasteiger partial charge in [-0.1, -0.05) is 0 Å². The summed E-state index contributed by atoms with van der Waals surface area (Å²) in [6, 6.07) is 0.0382. The first-order chi connectivity index (χ1) is 12.2. The number of aromatic amines is 1. The molecule has 4 rings (SSSR count). The molecule has 130 valence electrons. The minimum absolute atomic E-state index is 0.0382. The smallest absolute Gasteiger partial charge is 0.259 e. The van der Waals surface area contributed by atoms with Gasteiger partial charge in [0.1, 0.15) is 18.5 Å². The van der Waals surface area contributed by atoms with Gasteiger partial charge in [-0.3, -0.25) is 9.89 Å². The summed E-state index contributed by atoms with van der Waals surface area (Å²) in [5.74, 6) is 1.74. The number of H-pyrrole nitrogens is 1. The van der Waals surface area contributed by atoms with Crippen molar-refractivity contribution >= 4 is 5.91 Å². The summed E-state index contributed by atoms with van der Waals surface area (Å²) in [7, 11) is 1.62. The van der Waals surface area contributed by atoms with Gasteiger partial charge in [0.25, 0.3) is 5.91 Å². The van der Waals surface area contributed by atoms with Gasteiger partial charge in [-0.2, -0.15) is 9.78 Å². The van der Waals surface area contributed by atoms with Crippen LogP contribution < -0.4 is 0 Å². The number of rotatable bonds is 4. The summed E-state index contributed by atoms with van der Waals surface area (Å²) in [4.78, 5) is 14.7. The zero-order valence-corrected chi connectivity index (χ0v) is 13.7. The molecule has 3 aromatic heterocycles. The molecule has 0 radical (unpaired) electrons. The molecule has 0 aromatic carbocycles. The number of hydrogen-bond acceptors (Lipinski definition) is 8. The zero-order chi connectivity index (χ0) is 17.4. The van der Waals surface area contributed by atoms with Crippen LogP contribution in [0.3, 0.4) is 0 Å². The van der Waals surface area contributed by atoms with E-state index in [9.17, 15) is 4.79 Å². The van der Waals surface area contributed by atoms with E-state index in [2.05, 4.69) is 35.9 Å². The Labute approximate surface area is 141 Å². The maximum atomic E-state index is 13.0. The van der Waals surface area contributed by atoms with E-state index in [1.54, 1.807) is 12.0 Å². The van der Waals surface area contributed by atoms with Crippen molar-refractivity contribution in [3.63, 3.8) is 0 Å². The molecule has 3 aromatic rings. The molecule has 0 aliphatic carbocycles. The van der Waals surface area contributed by atoms with Crippen molar-refractivity contribution < 1.29 is 9.53 Å². The quantitative estimate of drug-likeness (QED) is 0.659. The second-order valence-corrected chi connectivity index (χ2v) is 5.76. The van der Waals surface area contributed by atoms with Crippen LogP contribution in [0.2, 0.25) is 0 Å². The normalized spacial score (nSPS) is 16.9. The molecule has 1 amide bonds. The van der Waals surface area contributed by atoms with Crippen LogP contribution in [0.25, 0.3) is 5.82 Å². The van der Waals surface area contributed by atoms with Gasteiger partial charge in [-0.15, -0.1) is 15.3 Å².